The van der Waals surface area contributed by atoms with Crippen molar-refractivity contribution in [3.05, 3.63) is 24.3 Å². The molecule has 1 aliphatic rings. The Morgan fingerprint density at radius 1 is 1.31 bits per heavy atom. The van der Waals surface area contributed by atoms with Crippen LogP contribution in [-0.4, -0.2) is 33.1 Å². The Balaban J connectivity index is 1.96. The highest BCUT2D eigenvalue weighted by atomic mass is 16.3. The van der Waals surface area contributed by atoms with E-state index in [4.69, 9.17) is 0 Å². The molecule has 0 aromatic carbocycles. The number of hydrogen-bond acceptors (Lipinski definition) is 4. The zero-order valence-electron chi connectivity index (χ0n) is 8.97. The highest BCUT2D eigenvalue weighted by Gasteiger charge is 2.24. The van der Waals surface area contributed by atoms with Gasteiger partial charge < -0.3 is 10.4 Å². The Labute approximate surface area is 93.9 Å². The number of carbonyl (C=O) groups excluding carboxylic acids is 1. The summed E-state index contributed by atoms with van der Waals surface area (Å²) in [5.41, 5.74) is 0.431. The predicted octanol–water partition coefficient (Wildman–Crippen LogP) is 0.510. The largest absolute Gasteiger partial charge is 0.391 e. The van der Waals surface area contributed by atoms with Crippen LogP contribution in [0, 0.1) is 0 Å². The van der Waals surface area contributed by atoms with Crippen LogP contribution in [0.25, 0.3) is 0 Å². The maximum atomic E-state index is 11.8. The standard InChI is InChI=1S/C11H15N3O2/c15-10-4-2-1-3-9(10)14-11(16)8-5-12-7-13-6-8/h5-7,9-10,15H,1-4H2,(H,14,16)/t9-,10-/m1/s1. The van der Waals surface area contributed by atoms with Gasteiger partial charge in [0.2, 0.25) is 0 Å². The molecule has 2 atom stereocenters. The molecule has 0 radical (unpaired) electrons. The van der Waals surface area contributed by atoms with Gasteiger partial charge >= 0.3 is 0 Å². The molecule has 0 aliphatic heterocycles. The van der Waals surface area contributed by atoms with Crippen molar-refractivity contribution >= 4 is 5.91 Å². The molecule has 2 rings (SSSR count). The Bertz CT molecular complexity index is 356. The van der Waals surface area contributed by atoms with Crippen molar-refractivity contribution in [3.8, 4) is 0 Å². The van der Waals surface area contributed by atoms with E-state index in [-0.39, 0.29) is 11.9 Å². The molecule has 1 aromatic heterocycles. The Morgan fingerprint density at radius 2 is 2.00 bits per heavy atom. The number of aliphatic hydroxyl groups is 1. The summed E-state index contributed by atoms with van der Waals surface area (Å²) in [7, 11) is 0. The van der Waals surface area contributed by atoms with Crippen molar-refractivity contribution < 1.29 is 9.90 Å². The topological polar surface area (TPSA) is 75.1 Å². The molecule has 16 heavy (non-hydrogen) atoms. The van der Waals surface area contributed by atoms with Gasteiger partial charge in [0, 0.05) is 12.4 Å². The average molecular weight is 221 g/mol. The van der Waals surface area contributed by atoms with Crippen molar-refractivity contribution in [2.75, 3.05) is 0 Å². The smallest absolute Gasteiger partial charge is 0.254 e. The van der Waals surface area contributed by atoms with Crippen LogP contribution in [0.4, 0.5) is 0 Å². The third-order valence-corrected chi connectivity index (χ3v) is 2.87. The van der Waals surface area contributed by atoms with Crippen LogP contribution in [0.5, 0.6) is 0 Å². The van der Waals surface area contributed by atoms with Crippen LogP contribution >= 0.6 is 0 Å². The average Bonchev–Trinajstić information content (AvgIpc) is 2.33. The fourth-order valence-corrected chi connectivity index (χ4v) is 1.95. The Morgan fingerprint density at radius 3 is 2.69 bits per heavy atom. The van der Waals surface area contributed by atoms with Gasteiger partial charge in [-0.3, -0.25) is 4.79 Å². The lowest BCUT2D eigenvalue weighted by Crippen LogP contribution is -2.45. The van der Waals surface area contributed by atoms with E-state index in [1.807, 2.05) is 0 Å². The van der Waals surface area contributed by atoms with E-state index >= 15 is 0 Å². The van der Waals surface area contributed by atoms with Gasteiger partial charge in [-0.1, -0.05) is 12.8 Å². The number of nitrogens with zero attached hydrogens (tertiary/aromatic N) is 2. The first kappa shape index (κ1) is 11.0. The minimum atomic E-state index is -0.428. The van der Waals surface area contributed by atoms with Crippen LogP contribution in [-0.2, 0) is 0 Å². The van der Waals surface area contributed by atoms with Crippen molar-refractivity contribution in [1.29, 1.82) is 0 Å². The van der Waals surface area contributed by atoms with E-state index in [0.29, 0.717) is 5.56 Å². The predicted molar refractivity (Wildman–Crippen MR) is 57.8 cm³/mol. The van der Waals surface area contributed by atoms with Gasteiger partial charge in [0.15, 0.2) is 0 Å². The number of rotatable bonds is 2. The first-order valence-electron chi connectivity index (χ1n) is 5.51. The van der Waals surface area contributed by atoms with E-state index in [1.54, 1.807) is 0 Å². The van der Waals surface area contributed by atoms with Crippen molar-refractivity contribution in [3.63, 3.8) is 0 Å². The second-order valence-electron chi connectivity index (χ2n) is 4.06. The molecule has 1 fully saturated rings. The minimum Gasteiger partial charge on any atom is -0.391 e. The fraction of sp³-hybridized carbons (Fsp3) is 0.545. The molecule has 0 unspecified atom stereocenters. The van der Waals surface area contributed by atoms with Gasteiger partial charge in [-0.2, -0.15) is 0 Å². The van der Waals surface area contributed by atoms with Gasteiger partial charge in [0.1, 0.15) is 6.33 Å². The third-order valence-electron chi connectivity index (χ3n) is 2.87. The number of aliphatic hydroxyl groups excluding tert-OH is 1. The van der Waals surface area contributed by atoms with Gasteiger partial charge in [0.25, 0.3) is 5.91 Å². The maximum Gasteiger partial charge on any atom is 0.254 e. The first-order valence-corrected chi connectivity index (χ1v) is 5.51. The Hall–Kier alpha value is -1.49. The molecule has 1 saturated carbocycles. The Kier molecular flexibility index (Phi) is 3.46. The zero-order valence-corrected chi connectivity index (χ0v) is 8.97. The van der Waals surface area contributed by atoms with Crippen LogP contribution in [0.1, 0.15) is 36.0 Å². The molecule has 0 spiro atoms. The van der Waals surface area contributed by atoms with E-state index in [2.05, 4.69) is 15.3 Å². The molecule has 5 heteroatoms. The molecule has 1 aromatic rings. The molecule has 1 amide bonds. The molecule has 0 bridgehead atoms. The molecule has 1 aliphatic carbocycles. The van der Waals surface area contributed by atoms with Gasteiger partial charge in [-0.15, -0.1) is 0 Å². The van der Waals surface area contributed by atoms with Crippen LogP contribution in [0.15, 0.2) is 18.7 Å². The van der Waals surface area contributed by atoms with Crippen molar-refractivity contribution in [1.82, 2.24) is 15.3 Å². The summed E-state index contributed by atoms with van der Waals surface area (Å²) in [6.45, 7) is 0. The lowest BCUT2D eigenvalue weighted by atomic mass is 9.92. The van der Waals surface area contributed by atoms with Crippen molar-refractivity contribution in [2.45, 2.75) is 37.8 Å². The van der Waals surface area contributed by atoms with Gasteiger partial charge in [-0.25, -0.2) is 9.97 Å². The van der Waals surface area contributed by atoms with Crippen LogP contribution < -0.4 is 5.32 Å². The summed E-state index contributed by atoms with van der Waals surface area (Å²) in [6.07, 6.45) is 7.57. The fourth-order valence-electron chi connectivity index (χ4n) is 1.95. The summed E-state index contributed by atoms with van der Waals surface area (Å²) in [5, 5.41) is 12.5. The molecule has 0 saturated heterocycles. The molecular formula is C11H15N3O2. The molecule has 2 N–H and O–H groups in total. The quantitative estimate of drug-likeness (QED) is 0.763. The number of amides is 1. The number of carbonyl (C=O) groups is 1. The van der Waals surface area contributed by atoms with Crippen molar-refractivity contribution in [2.24, 2.45) is 0 Å². The highest BCUT2D eigenvalue weighted by molar-refractivity contribution is 5.93. The lowest BCUT2D eigenvalue weighted by molar-refractivity contribution is 0.0716. The summed E-state index contributed by atoms with van der Waals surface area (Å²) < 4.78 is 0. The monoisotopic (exact) mass is 221 g/mol. The normalized spacial score (nSPS) is 25.1. The second-order valence-corrected chi connectivity index (χ2v) is 4.06. The molecule has 5 nitrogen and oxygen atoms in total. The first-order chi connectivity index (χ1) is 7.77. The summed E-state index contributed by atoms with van der Waals surface area (Å²) in [6, 6.07) is -0.138. The molecule has 1 heterocycles. The number of aromatic nitrogens is 2. The maximum absolute atomic E-state index is 11.8. The van der Waals surface area contributed by atoms with Crippen LogP contribution in [0.3, 0.4) is 0 Å². The summed E-state index contributed by atoms with van der Waals surface area (Å²) >= 11 is 0. The zero-order chi connectivity index (χ0) is 11.4. The van der Waals surface area contributed by atoms with Crippen LogP contribution in [0.2, 0.25) is 0 Å². The van der Waals surface area contributed by atoms with Gasteiger partial charge in [-0.05, 0) is 12.8 Å². The summed E-state index contributed by atoms with van der Waals surface area (Å²) in [5.74, 6) is -0.216. The van der Waals surface area contributed by atoms with Gasteiger partial charge in [0.05, 0.1) is 17.7 Å². The molecule has 86 valence electrons. The number of hydrogen-bond donors (Lipinski definition) is 2. The second kappa shape index (κ2) is 5.03. The van der Waals surface area contributed by atoms with E-state index in [9.17, 15) is 9.90 Å². The van der Waals surface area contributed by atoms with E-state index in [1.165, 1.54) is 18.7 Å². The van der Waals surface area contributed by atoms with E-state index < -0.39 is 6.10 Å². The SMILES string of the molecule is O=C(N[C@@H]1CCCC[C@H]1O)c1cncnc1. The number of nitrogens with one attached hydrogen (secondary N) is 1. The molecular weight excluding hydrogens is 206 g/mol. The third kappa shape index (κ3) is 2.55. The highest BCUT2D eigenvalue weighted by Crippen LogP contribution is 2.18. The lowest BCUT2D eigenvalue weighted by Gasteiger charge is -2.28. The summed E-state index contributed by atoms with van der Waals surface area (Å²) in [4.78, 5) is 19.3. The minimum absolute atomic E-state index is 0.138. The van der Waals surface area contributed by atoms with E-state index in [0.717, 1.165) is 25.7 Å².